The number of nitrogens with zero attached hydrogens (tertiary/aromatic N) is 3. The Morgan fingerprint density at radius 2 is 2.30 bits per heavy atom. The van der Waals surface area contributed by atoms with Gasteiger partial charge in [-0.3, -0.25) is 14.9 Å². The first-order valence-corrected chi connectivity index (χ1v) is 6.53. The molecule has 1 atom stereocenters. The Bertz CT molecular complexity index is 597. The zero-order chi connectivity index (χ0) is 14.7. The SMILES string of the molecule is N#CC1CCCN(C(=O)c2cc([N+](=O)[O-])ccc2Cl)C1. The van der Waals surface area contributed by atoms with Crippen LogP contribution >= 0.6 is 11.6 Å². The summed E-state index contributed by atoms with van der Waals surface area (Å²) in [7, 11) is 0. The molecule has 0 N–H and O–H groups in total. The zero-order valence-corrected chi connectivity index (χ0v) is 11.3. The molecule has 0 radical (unpaired) electrons. The summed E-state index contributed by atoms with van der Waals surface area (Å²) < 4.78 is 0. The third-order valence-corrected chi connectivity index (χ3v) is 3.61. The first kappa shape index (κ1) is 14.3. The van der Waals surface area contributed by atoms with E-state index in [0.717, 1.165) is 12.8 Å². The number of nitriles is 1. The number of halogens is 1. The van der Waals surface area contributed by atoms with Gasteiger partial charge in [-0.25, -0.2) is 0 Å². The first-order valence-electron chi connectivity index (χ1n) is 6.15. The molecule has 0 bridgehead atoms. The van der Waals surface area contributed by atoms with Gasteiger partial charge in [0.15, 0.2) is 0 Å². The van der Waals surface area contributed by atoms with Gasteiger partial charge in [0.25, 0.3) is 11.6 Å². The molecule has 1 aromatic carbocycles. The Morgan fingerprint density at radius 1 is 1.55 bits per heavy atom. The zero-order valence-electron chi connectivity index (χ0n) is 10.6. The quantitative estimate of drug-likeness (QED) is 0.619. The average Bonchev–Trinajstić information content (AvgIpc) is 2.46. The van der Waals surface area contributed by atoms with Crippen molar-refractivity contribution in [3.8, 4) is 6.07 Å². The smallest absolute Gasteiger partial charge is 0.270 e. The van der Waals surface area contributed by atoms with E-state index in [1.165, 1.54) is 23.1 Å². The van der Waals surface area contributed by atoms with Crippen LogP contribution in [0.5, 0.6) is 0 Å². The number of hydrogen-bond donors (Lipinski definition) is 0. The number of nitro benzene ring substituents is 1. The van der Waals surface area contributed by atoms with Gasteiger partial charge in [0.1, 0.15) is 0 Å². The number of carbonyl (C=O) groups is 1. The highest BCUT2D eigenvalue weighted by Gasteiger charge is 2.26. The van der Waals surface area contributed by atoms with Crippen LogP contribution in [0.2, 0.25) is 5.02 Å². The van der Waals surface area contributed by atoms with Crippen molar-refractivity contribution in [3.05, 3.63) is 38.9 Å². The summed E-state index contributed by atoms with van der Waals surface area (Å²) in [6.07, 6.45) is 1.51. The maximum Gasteiger partial charge on any atom is 0.270 e. The van der Waals surface area contributed by atoms with Gasteiger partial charge < -0.3 is 4.90 Å². The normalized spacial score (nSPS) is 18.4. The summed E-state index contributed by atoms with van der Waals surface area (Å²) in [4.78, 5) is 24.1. The molecule has 0 saturated carbocycles. The molecule has 1 aromatic rings. The van der Waals surface area contributed by atoms with Gasteiger partial charge in [-0.1, -0.05) is 11.6 Å². The number of hydrogen-bond acceptors (Lipinski definition) is 4. The summed E-state index contributed by atoms with van der Waals surface area (Å²) >= 11 is 5.95. The Kier molecular flexibility index (Phi) is 4.20. The van der Waals surface area contributed by atoms with E-state index in [4.69, 9.17) is 16.9 Å². The second-order valence-electron chi connectivity index (χ2n) is 4.64. The van der Waals surface area contributed by atoms with Crippen molar-refractivity contribution < 1.29 is 9.72 Å². The molecule has 1 aliphatic heterocycles. The van der Waals surface area contributed by atoms with Gasteiger partial charge >= 0.3 is 0 Å². The monoisotopic (exact) mass is 293 g/mol. The molecule has 20 heavy (non-hydrogen) atoms. The molecule has 0 aliphatic carbocycles. The van der Waals surface area contributed by atoms with Crippen LogP contribution in [0.3, 0.4) is 0 Å². The van der Waals surface area contributed by atoms with Crippen molar-refractivity contribution in [1.29, 1.82) is 5.26 Å². The number of carbonyl (C=O) groups excluding carboxylic acids is 1. The molecule has 2 rings (SSSR count). The third kappa shape index (κ3) is 2.89. The van der Waals surface area contributed by atoms with E-state index in [-0.39, 0.29) is 28.1 Å². The summed E-state index contributed by atoms with van der Waals surface area (Å²) in [6, 6.07) is 5.93. The third-order valence-electron chi connectivity index (χ3n) is 3.28. The fourth-order valence-corrected chi connectivity index (χ4v) is 2.43. The highest BCUT2D eigenvalue weighted by Crippen LogP contribution is 2.25. The van der Waals surface area contributed by atoms with Crippen LogP contribution in [0, 0.1) is 27.4 Å². The largest absolute Gasteiger partial charge is 0.337 e. The Labute approximate surface area is 120 Å². The van der Waals surface area contributed by atoms with Crippen LogP contribution in [0.15, 0.2) is 18.2 Å². The van der Waals surface area contributed by atoms with E-state index in [9.17, 15) is 14.9 Å². The van der Waals surface area contributed by atoms with Crippen LogP contribution in [0.25, 0.3) is 0 Å². The van der Waals surface area contributed by atoms with Crippen LogP contribution < -0.4 is 0 Å². The Morgan fingerprint density at radius 3 is 2.95 bits per heavy atom. The van der Waals surface area contributed by atoms with Gasteiger partial charge in [-0.05, 0) is 18.9 Å². The highest BCUT2D eigenvalue weighted by molar-refractivity contribution is 6.33. The number of rotatable bonds is 2. The molecule has 1 saturated heterocycles. The van der Waals surface area contributed by atoms with Gasteiger partial charge in [0.2, 0.25) is 0 Å². The van der Waals surface area contributed by atoms with Crippen LogP contribution in [0.1, 0.15) is 23.2 Å². The lowest BCUT2D eigenvalue weighted by atomic mass is 9.99. The molecule has 7 heteroatoms. The van der Waals surface area contributed by atoms with E-state index in [1.54, 1.807) is 0 Å². The molecule has 104 valence electrons. The van der Waals surface area contributed by atoms with Crippen molar-refractivity contribution in [1.82, 2.24) is 4.90 Å². The summed E-state index contributed by atoms with van der Waals surface area (Å²) in [5.41, 5.74) is -0.0638. The van der Waals surface area contributed by atoms with Gasteiger partial charge in [0.05, 0.1) is 27.5 Å². The van der Waals surface area contributed by atoms with E-state index in [1.807, 2.05) is 0 Å². The van der Waals surface area contributed by atoms with Crippen LogP contribution in [0.4, 0.5) is 5.69 Å². The van der Waals surface area contributed by atoms with Crippen LogP contribution in [-0.2, 0) is 0 Å². The second-order valence-corrected chi connectivity index (χ2v) is 5.05. The Hall–Kier alpha value is -2.13. The lowest BCUT2D eigenvalue weighted by molar-refractivity contribution is -0.384. The molecule has 0 aromatic heterocycles. The standard InChI is InChI=1S/C13H12ClN3O3/c14-12-4-3-10(17(19)20)6-11(12)13(18)16-5-1-2-9(7-15)8-16/h3-4,6,9H,1-2,5,8H2. The predicted octanol–water partition coefficient (Wildman–Crippen LogP) is 2.62. The molecule has 1 aliphatic rings. The maximum atomic E-state index is 12.4. The van der Waals surface area contributed by atoms with Crippen molar-refractivity contribution in [2.24, 2.45) is 5.92 Å². The number of likely N-dealkylation sites (tertiary alicyclic amines) is 1. The minimum Gasteiger partial charge on any atom is -0.337 e. The van der Waals surface area contributed by atoms with Crippen molar-refractivity contribution in [2.75, 3.05) is 13.1 Å². The predicted molar refractivity (Wildman–Crippen MR) is 72.3 cm³/mol. The minimum atomic E-state index is -0.568. The number of nitro groups is 1. The van der Waals surface area contributed by atoms with Crippen molar-refractivity contribution in [3.63, 3.8) is 0 Å². The maximum absolute atomic E-state index is 12.4. The molecule has 1 unspecified atom stereocenters. The summed E-state index contributed by atoms with van der Waals surface area (Å²) in [6.45, 7) is 0.879. The van der Waals surface area contributed by atoms with Gasteiger partial charge in [-0.15, -0.1) is 0 Å². The fourth-order valence-electron chi connectivity index (χ4n) is 2.23. The molecule has 1 amide bonds. The topological polar surface area (TPSA) is 87.2 Å². The van der Waals surface area contributed by atoms with E-state index >= 15 is 0 Å². The summed E-state index contributed by atoms with van der Waals surface area (Å²) in [5, 5.41) is 19.9. The van der Waals surface area contributed by atoms with Gasteiger partial charge in [0, 0.05) is 25.2 Å². The molecule has 0 spiro atoms. The number of non-ortho nitro benzene ring substituents is 1. The Balaban J connectivity index is 2.26. The van der Waals surface area contributed by atoms with E-state index in [0.29, 0.717) is 13.1 Å². The van der Waals surface area contributed by atoms with Crippen molar-refractivity contribution in [2.45, 2.75) is 12.8 Å². The highest BCUT2D eigenvalue weighted by atomic mass is 35.5. The number of amides is 1. The lowest BCUT2D eigenvalue weighted by Crippen LogP contribution is -2.39. The minimum absolute atomic E-state index is 0.111. The van der Waals surface area contributed by atoms with Crippen LogP contribution in [-0.4, -0.2) is 28.8 Å². The summed E-state index contributed by atoms with van der Waals surface area (Å²) in [5.74, 6) is -0.552. The van der Waals surface area contributed by atoms with E-state index in [2.05, 4.69) is 6.07 Å². The molecule has 6 nitrogen and oxygen atoms in total. The first-order chi connectivity index (χ1) is 9.52. The molecular formula is C13H12ClN3O3. The fraction of sp³-hybridized carbons (Fsp3) is 0.385. The molecule has 1 fully saturated rings. The lowest BCUT2D eigenvalue weighted by Gasteiger charge is -2.29. The molecule has 1 heterocycles. The average molecular weight is 294 g/mol. The molecular weight excluding hydrogens is 282 g/mol. The van der Waals surface area contributed by atoms with Crippen molar-refractivity contribution >= 4 is 23.2 Å². The second kappa shape index (κ2) is 5.88. The number of piperidine rings is 1. The van der Waals surface area contributed by atoms with E-state index < -0.39 is 4.92 Å². The van der Waals surface area contributed by atoms with Gasteiger partial charge in [-0.2, -0.15) is 5.26 Å². The number of benzene rings is 1.